The molecule has 0 aliphatic heterocycles. The molecule has 1 atom stereocenters. The lowest BCUT2D eigenvalue weighted by Crippen LogP contribution is -2.29. The maximum atomic E-state index is 12.3. The zero-order chi connectivity index (χ0) is 16.3. The van der Waals surface area contributed by atoms with E-state index >= 15 is 0 Å². The highest BCUT2D eigenvalue weighted by molar-refractivity contribution is 6.32. The van der Waals surface area contributed by atoms with Gasteiger partial charge in [0.25, 0.3) is 5.91 Å². The van der Waals surface area contributed by atoms with Crippen molar-refractivity contribution in [3.05, 3.63) is 63.4 Å². The van der Waals surface area contributed by atoms with Crippen LogP contribution in [0.1, 0.15) is 38.8 Å². The monoisotopic (exact) mass is 318 g/mol. The number of aliphatic hydroxyl groups is 1. The maximum Gasteiger partial charge on any atom is 0.254 e. The number of benzene rings is 1. The molecule has 0 radical (unpaired) electrons. The fourth-order valence-corrected chi connectivity index (χ4v) is 2.71. The van der Waals surface area contributed by atoms with Crippen molar-refractivity contribution >= 4 is 17.5 Å². The van der Waals surface area contributed by atoms with Crippen molar-refractivity contribution in [2.75, 3.05) is 6.54 Å². The number of carbonyl (C=O) groups excluding carboxylic acids is 1. The molecule has 0 saturated heterocycles. The second-order valence-electron chi connectivity index (χ2n) is 5.39. The van der Waals surface area contributed by atoms with E-state index in [1.165, 1.54) is 0 Å². The zero-order valence-electron chi connectivity index (χ0n) is 12.9. The number of pyridine rings is 1. The number of aryl methyl sites for hydroxylation is 3. The van der Waals surface area contributed by atoms with Crippen LogP contribution < -0.4 is 5.32 Å². The van der Waals surface area contributed by atoms with Crippen LogP contribution in [0.3, 0.4) is 0 Å². The molecule has 0 saturated carbocycles. The average molecular weight is 319 g/mol. The minimum atomic E-state index is -0.763. The summed E-state index contributed by atoms with van der Waals surface area (Å²) in [7, 11) is 0. The van der Waals surface area contributed by atoms with Gasteiger partial charge in [0.2, 0.25) is 0 Å². The largest absolute Gasteiger partial charge is 0.387 e. The number of hydrogen-bond acceptors (Lipinski definition) is 3. The first kappa shape index (κ1) is 16.5. The summed E-state index contributed by atoms with van der Waals surface area (Å²) in [5.41, 5.74) is 3.71. The Balaban J connectivity index is 2.07. The summed E-state index contributed by atoms with van der Waals surface area (Å²) in [4.78, 5) is 16.3. The van der Waals surface area contributed by atoms with Gasteiger partial charge in [0, 0.05) is 12.2 Å². The van der Waals surface area contributed by atoms with Gasteiger partial charge < -0.3 is 10.4 Å². The van der Waals surface area contributed by atoms with Gasteiger partial charge in [-0.25, -0.2) is 4.98 Å². The molecule has 0 aliphatic rings. The van der Waals surface area contributed by atoms with Crippen molar-refractivity contribution in [3.63, 3.8) is 0 Å². The summed E-state index contributed by atoms with van der Waals surface area (Å²) in [6, 6.07) is 9.35. The van der Waals surface area contributed by atoms with Crippen molar-refractivity contribution in [2.24, 2.45) is 0 Å². The Kier molecular flexibility index (Phi) is 5.16. The van der Waals surface area contributed by atoms with Crippen LogP contribution in [0.15, 0.2) is 30.3 Å². The average Bonchev–Trinajstić information content (AvgIpc) is 2.43. The van der Waals surface area contributed by atoms with Crippen LogP contribution in [0, 0.1) is 20.8 Å². The van der Waals surface area contributed by atoms with E-state index in [4.69, 9.17) is 11.6 Å². The topological polar surface area (TPSA) is 62.2 Å². The van der Waals surface area contributed by atoms with E-state index in [9.17, 15) is 9.90 Å². The Hall–Kier alpha value is -1.91. The van der Waals surface area contributed by atoms with Crippen LogP contribution in [0.5, 0.6) is 0 Å². The van der Waals surface area contributed by atoms with E-state index in [2.05, 4.69) is 10.3 Å². The normalized spacial score (nSPS) is 12.0. The van der Waals surface area contributed by atoms with Gasteiger partial charge in [0.05, 0.1) is 11.7 Å². The molecule has 1 unspecified atom stereocenters. The predicted octanol–water partition coefficient (Wildman–Crippen LogP) is 3.12. The summed E-state index contributed by atoms with van der Waals surface area (Å²) in [5, 5.41) is 13.0. The van der Waals surface area contributed by atoms with Crippen LogP contribution in [-0.2, 0) is 0 Å². The molecule has 2 aromatic rings. The highest BCUT2D eigenvalue weighted by atomic mass is 35.5. The Morgan fingerprint density at radius 1 is 1.32 bits per heavy atom. The Morgan fingerprint density at radius 3 is 2.68 bits per heavy atom. The quantitative estimate of drug-likeness (QED) is 0.851. The van der Waals surface area contributed by atoms with Gasteiger partial charge in [-0.2, -0.15) is 0 Å². The Bertz CT molecular complexity index is 678. The minimum absolute atomic E-state index is 0.117. The molecule has 4 nitrogen and oxygen atoms in total. The molecule has 0 fully saturated rings. The highest BCUT2D eigenvalue weighted by Gasteiger charge is 2.17. The first-order chi connectivity index (χ1) is 10.4. The summed E-state index contributed by atoms with van der Waals surface area (Å²) >= 11 is 6.05. The van der Waals surface area contributed by atoms with Gasteiger partial charge in [-0.3, -0.25) is 4.79 Å². The number of nitrogens with zero attached hydrogens (tertiary/aromatic N) is 1. The number of amides is 1. The van der Waals surface area contributed by atoms with E-state index in [0.717, 1.165) is 22.4 Å². The second-order valence-corrected chi connectivity index (χ2v) is 5.74. The third-order valence-corrected chi connectivity index (χ3v) is 3.68. The van der Waals surface area contributed by atoms with Crippen molar-refractivity contribution in [2.45, 2.75) is 26.9 Å². The molecule has 116 valence electrons. The SMILES string of the molecule is Cc1cccc(C(O)CNC(=O)c2c(C)cc(C)nc2Cl)c1. The van der Waals surface area contributed by atoms with Crippen LogP contribution in [-0.4, -0.2) is 22.5 Å². The molecule has 2 rings (SSSR count). The zero-order valence-corrected chi connectivity index (χ0v) is 13.6. The van der Waals surface area contributed by atoms with Gasteiger partial charge in [-0.15, -0.1) is 0 Å². The number of carbonyl (C=O) groups is 1. The van der Waals surface area contributed by atoms with Gasteiger partial charge in [0.15, 0.2) is 0 Å². The lowest BCUT2D eigenvalue weighted by atomic mass is 10.1. The summed E-state index contributed by atoms with van der Waals surface area (Å²) in [5.74, 6) is -0.332. The molecule has 5 heteroatoms. The maximum absolute atomic E-state index is 12.3. The number of nitrogens with one attached hydrogen (secondary N) is 1. The summed E-state index contributed by atoms with van der Waals surface area (Å²) in [6.45, 7) is 5.70. The Morgan fingerprint density at radius 2 is 2.05 bits per heavy atom. The summed E-state index contributed by atoms with van der Waals surface area (Å²) < 4.78 is 0. The standard InChI is InChI=1S/C17H19ClN2O2/c1-10-5-4-6-13(7-10)14(21)9-19-17(22)15-11(2)8-12(3)20-16(15)18/h4-8,14,21H,9H2,1-3H3,(H,19,22). The molecule has 1 amide bonds. The van der Waals surface area contributed by atoms with E-state index < -0.39 is 6.10 Å². The third kappa shape index (κ3) is 3.84. The number of hydrogen-bond donors (Lipinski definition) is 2. The van der Waals surface area contributed by atoms with Gasteiger partial charge >= 0.3 is 0 Å². The molecule has 1 aromatic carbocycles. The third-order valence-electron chi connectivity index (χ3n) is 3.41. The van der Waals surface area contributed by atoms with Gasteiger partial charge in [-0.1, -0.05) is 41.4 Å². The Labute approximate surface area is 135 Å². The lowest BCUT2D eigenvalue weighted by molar-refractivity contribution is 0.0915. The van der Waals surface area contributed by atoms with Gasteiger partial charge in [-0.05, 0) is 38.0 Å². The minimum Gasteiger partial charge on any atom is -0.387 e. The van der Waals surface area contributed by atoms with E-state index in [0.29, 0.717) is 5.56 Å². The molecule has 22 heavy (non-hydrogen) atoms. The molecule has 0 aliphatic carbocycles. The number of rotatable bonds is 4. The number of halogens is 1. The molecule has 0 bridgehead atoms. The molecule has 1 aromatic heterocycles. The fourth-order valence-electron chi connectivity index (χ4n) is 2.34. The molecule has 2 N–H and O–H groups in total. The van der Waals surface area contributed by atoms with Crippen molar-refractivity contribution in [1.29, 1.82) is 0 Å². The lowest BCUT2D eigenvalue weighted by Gasteiger charge is -2.14. The fraction of sp³-hybridized carbons (Fsp3) is 0.294. The molecule has 1 heterocycles. The first-order valence-electron chi connectivity index (χ1n) is 7.05. The van der Waals surface area contributed by atoms with E-state index in [1.54, 1.807) is 6.07 Å². The molecule has 0 spiro atoms. The van der Waals surface area contributed by atoms with Crippen LogP contribution in [0.4, 0.5) is 0 Å². The summed E-state index contributed by atoms with van der Waals surface area (Å²) in [6.07, 6.45) is -0.763. The number of aliphatic hydroxyl groups excluding tert-OH is 1. The second kappa shape index (κ2) is 6.90. The predicted molar refractivity (Wildman–Crippen MR) is 87.2 cm³/mol. The van der Waals surface area contributed by atoms with Crippen LogP contribution in [0.2, 0.25) is 5.15 Å². The van der Waals surface area contributed by atoms with Crippen molar-refractivity contribution in [3.8, 4) is 0 Å². The van der Waals surface area contributed by atoms with Crippen LogP contribution in [0.25, 0.3) is 0 Å². The highest BCUT2D eigenvalue weighted by Crippen LogP contribution is 2.19. The van der Waals surface area contributed by atoms with E-state index in [-0.39, 0.29) is 17.6 Å². The smallest absolute Gasteiger partial charge is 0.254 e. The first-order valence-corrected chi connectivity index (χ1v) is 7.43. The molecular weight excluding hydrogens is 300 g/mol. The number of aromatic nitrogens is 1. The van der Waals surface area contributed by atoms with E-state index in [1.807, 2.05) is 45.0 Å². The van der Waals surface area contributed by atoms with Crippen molar-refractivity contribution in [1.82, 2.24) is 10.3 Å². The molecular formula is C17H19ClN2O2. The van der Waals surface area contributed by atoms with Crippen molar-refractivity contribution < 1.29 is 9.90 Å². The van der Waals surface area contributed by atoms with Crippen LogP contribution >= 0.6 is 11.6 Å². The van der Waals surface area contributed by atoms with Gasteiger partial charge in [0.1, 0.15) is 5.15 Å².